The van der Waals surface area contributed by atoms with Crippen molar-refractivity contribution in [2.24, 2.45) is 0 Å². The predicted molar refractivity (Wildman–Crippen MR) is 157 cm³/mol. The molecule has 0 atom stereocenters. The lowest BCUT2D eigenvalue weighted by Crippen LogP contribution is -2.34. The molecule has 1 aromatic heterocycles. The van der Waals surface area contributed by atoms with Crippen molar-refractivity contribution >= 4 is 55.0 Å². The molecule has 37 heavy (non-hydrogen) atoms. The highest BCUT2D eigenvalue weighted by Gasteiger charge is 2.25. The molecule has 3 aromatic rings. The van der Waals surface area contributed by atoms with Crippen LogP contribution >= 0.6 is 23.7 Å². The molecule has 0 bridgehead atoms. The molecule has 3 rings (SSSR count). The first-order chi connectivity index (χ1) is 17.3. The van der Waals surface area contributed by atoms with Crippen LogP contribution < -0.4 is 4.90 Å². The van der Waals surface area contributed by atoms with Gasteiger partial charge in [-0.25, -0.2) is 13.4 Å². The van der Waals surface area contributed by atoms with Crippen LogP contribution in [0.5, 0.6) is 0 Å². The zero-order chi connectivity index (χ0) is 26.1. The van der Waals surface area contributed by atoms with Gasteiger partial charge < -0.3 is 4.90 Å². The maximum Gasteiger partial charge on any atom is 0.260 e. The van der Waals surface area contributed by atoms with Crippen molar-refractivity contribution in [3.8, 4) is 0 Å². The number of para-hydroxylation sites is 1. The maximum absolute atomic E-state index is 13.6. The molecule has 0 spiro atoms. The van der Waals surface area contributed by atoms with Gasteiger partial charge in [-0.3, -0.25) is 9.69 Å². The number of amides is 1. The average molecular weight is 567 g/mol. The zero-order valence-electron chi connectivity index (χ0n) is 22.2. The third-order valence-corrected chi connectivity index (χ3v) is 8.98. The second-order valence-corrected chi connectivity index (χ2v) is 12.2. The summed E-state index contributed by atoms with van der Waals surface area (Å²) < 4.78 is 29.2. The van der Waals surface area contributed by atoms with Gasteiger partial charge in [0.1, 0.15) is 0 Å². The van der Waals surface area contributed by atoms with E-state index < -0.39 is 10.0 Å². The Labute approximate surface area is 231 Å². The summed E-state index contributed by atoms with van der Waals surface area (Å²) >= 11 is 1.49. The number of unbranched alkanes of at least 4 members (excludes halogenated alkanes) is 2. The Morgan fingerprint density at radius 2 is 1.49 bits per heavy atom. The summed E-state index contributed by atoms with van der Waals surface area (Å²) in [5.74, 6) is -0.175. The van der Waals surface area contributed by atoms with Crippen molar-refractivity contribution in [2.75, 3.05) is 45.2 Å². The minimum Gasteiger partial charge on any atom is -0.309 e. The number of fused-ring (bicyclic) bond motifs is 1. The summed E-state index contributed by atoms with van der Waals surface area (Å²) in [4.78, 5) is 22.3. The fourth-order valence-electron chi connectivity index (χ4n) is 3.90. The highest BCUT2D eigenvalue weighted by atomic mass is 35.5. The van der Waals surface area contributed by atoms with Gasteiger partial charge in [0, 0.05) is 25.2 Å². The molecule has 2 aromatic carbocycles. The lowest BCUT2D eigenvalue weighted by Gasteiger charge is -2.23. The fraction of sp³-hybridized carbons (Fsp3) is 0.481. The SMILES string of the molecule is CCCCN(CCCC)S(=O)(=O)c1ccc(C(=O)N(CCCN(C)C)c2nc3ccccc3s2)cc1.Cl. The number of hydrogen-bond acceptors (Lipinski definition) is 6. The number of thiazole rings is 1. The first-order valence-electron chi connectivity index (χ1n) is 12.7. The number of carbonyl (C=O) groups is 1. The highest BCUT2D eigenvalue weighted by Crippen LogP contribution is 2.30. The van der Waals surface area contributed by atoms with Crippen LogP contribution in [0, 0.1) is 0 Å². The van der Waals surface area contributed by atoms with E-state index in [4.69, 9.17) is 4.98 Å². The standard InChI is InChI=1S/C27H38N4O3S2.ClH/c1-5-7-19-30(20-8-6-2)36(33,34)23-16-14-22(15-17-23)26(32)31(21-11-18-29(3)4)27-28-24-12-9-10-13-25(24)35-27;/h9-10,12-17H,5-8,11,18-21H2,1-4H3;1H. The van der Waals surface area contributed by atoms with E-state index in [9.17, 15) is 13.2 Å². The van der Waals surface area contributed by atoms with E-state index in [0.29, 0.717) is 30.3 Å². The first kappa shape index (κ1) is 31.2. The molecule has 0 saturated heterocycles. The van der Waals surface area contributed by atoms with E-state index in [1.54, 1.807) is 33.5 Å². The molecule has 0 fully saturated rings. The van der Waals surface area contributed by atoms with E-state index in [-0.39, 0.29) is 23.2 Å². The first-order valence-corrected chi connectivity index (χ1v) is 15.0. The number of aromatic nitrogens is 1. The van der Waals surface area contributed by atoms with Gasteiger partial charge in [-0.15, -0.1) is 12.4 Å². The normalized spacial score (nSPS) is 11.7. The van der Waals surface area contributed by atoms with Crippen LogP contribution in [0.4, 0.5) is 5.13 Å². The van der Waals surface area contributed by atoms with Crippen molar-refractivity contribution < 1.29 is 13.2 Å². The molecule has 7 nitrogen and oxygen atoms in total. The van der Waals surface area contributed by atoms with Crippen LogP contribution in [0.25, 0.3) is 10.2 Å². The Bertz CT molecular complexity index is 1190. The summed E-state index contributed by atoms with van der Waals surface area (Å²) in [6, 6.07) is 14.2. The van der Waals surface area contributed by atoms with E-state index in [0.717, 1.165) is 48.9 Å². The zero-order valence-corrected chi connectivity index (χ0v) is 24.7. The summed E-state index contributed by atoms with van der Waals surface area (Å²) in [7, 11) is 0.406. The lowest BCUT2D eigenvalue weighted by molar-refractivity contribution is 0.0986. The molecule has 1 heterocycles. The lowest BCUT2D eigenvalue weighted by atomic mass is 10.2. The van der Waals surface area contributed by atoms with Gasteiger partial charge in [-0.1, -0.05) is 50.2 Å². The number of sulfonamides is 1. The number of halogens is 1. The van der Waals surface area contributed by atoms with Crippen molar-refractivity contribution in [2.45, 2.75) is 50.8 Å². The minimum absolute atomic E-state index is 0. The van der Waals surface area contributed by atoms with E-state index in [2.05, 4.69) is 18.7 Å². The second-order valence-electron chi connectivity index (χ2n) is 9.21. The smallest absolute Gasteiger partial charge is 0.260 e. The number of hydrogen-bond donors (Lipinski definition) is 0. The van der Waals surface area contributed by atoms with E-state index in [1.807, 2.05) is 38.4 Å². The quantitative estimate of drug-likeness (QED) is 0.242. The second kappa shape index (κ2) is 14.8. The van der Waals surface area contributed by atoms with E-state index >= 15 is 0 Å². The molecule has 0 unspecified atom stereocenters. The summed E-state index contributed by atoms with van der Waals surface area (Å²) in [6.07, 6.45) is 4.31. The Hall–Kier alpha value is -2.04. The molecule has 204 valence electrons. The van der Waals surface area contributed by atoms with Gasteiger partial charge in [0.15, 0.2) is 5.13 Å². The molecule has 0 aliphatic rings. The van der Waals surface area contributed by atoms with Crippen molar-refractivity contribution in [3.05, 3.63) is 54.1 Å². The van der Waals surface area contributed by atoms with Crippen molar-refractivity contribution in [1.29, 1.82) is 0 Å². The molecule has 0 N–H and O–H groups in total. The van der Waals surface area contributed by atoms with Crippen LogP contribution in [0.3, 0.4) is 0 Å². The van der Waals surface area contributed by atoms with Gasteiger partial charge in [0.25, 0.3) is 5.91 Å². The third kappa shape index (κ3) is 8.22. The van der Waals surface area contributed by atoms with Crippen molar-refractivity contribution in [1.82, 2.24) is 14.2 Å². The van der Waals surface area contributed by atoms with Gasteiger partial charge in [-0.2, -0.15) is 4.31 Å². The Morgan fingerprint density at radius 1 is 0.865 bits per heavy atom. The van der Waals surface area contributed by atoms with E-state index in [1.165, 1.54) is 11.3 Å². The van der Waals surface area contributed by atoms with Gasteiger partial charge >= 0.3 is 0 Å². The summed E-state index contributed by atoms with van der Waals surface area (Å²) in [5, 5.41) is 0.655. The van der Waals surface area contributed by atoms with Gasteiger partial charge in [-0.05, 0) is 76.3 Å². The Morgan fingerprint density at radius 3 is 2.05 bits per heavy atom. The fourth-order valence-corrected chi connectivity index (χ4v) is 6.41. The Kier molecular flexibility index (Phi) is 12.5. The van der Waals surface area contributed by atoms with Crippen LogP contribution in [-0.4, -0.2) is 68.8 Å². The Balaban J connectivity index is 0.00000481. The molecule has 1 amide bonds. The van der Waals surface area contributed by atoms with Gasteiger partial charge in [0.2, 0.25) is 10.0 Å². The number of carbonyl (C=O) groups excluding carboxylic acids is 1. The largest absolute Gasteiger partial charge is 0.309 e. The predicted octanol–water partition coefficient (Wildman–Crippen LogP) is 5.91. The van der Waals surface area contributed by atoms with Crippen LogP contribution in [0.15, 0.2) is 53.4 Å². The molecular formula is C27H39ClN4O3S2. The van der Waals surface area contributed by atoms with Crippen molar-refractivity contribution in [3.63, 3.8) is 0 Å². The minimum atomic E-state index is -3.61. The van der Waals surface area contributed by atoms with Crippen LogP contribution in [0.2, 0.25) is 0 Å². The number of rotatable bonds is 14. The number of nitrogens with zero attached hydrogens (tertiary/aromatic N) is 4. The van der Waals surface area contributed by atoms with Gasteiger partial charge in [0.05, 0.1) is 15.1 Å². The third-order valence-electron chi connectivity index (χ3n) is 6.01. The topological polar surface area (TPSA) is 73.8 Å². The number of anilines is 1. The summed E-state index contributed by atoms with van der Waals surface area (Å²) in [6.45, 7) is 6.50. The summed E-state index contributed by atoms with van der Waals surface area (Å²) in [5.41, 5.74) is 1.32. The molecule has 0 radical (unpaired) electrons. The highest BCUT2D eigenvalue weighted by molar-refractivity contribution is 7.89. The number of benzene rings is 2. The van der Waals surface area contributed by atoms with Crippen LogP contribution in [-0.2, 0) is 10.0 Å². The van der Waals surface area contributed by atoms with Crippen LogP contribution in [0.1, 0.15) is 56.3 Å². The maximum atomic E-state index is 13.6. The molecule has 0 saturated carbocycles. The molecular weight excluding hydrogens is 528 g/mol. The molecule has 10 heteroatoms. The molecule has 0 aliphatic heterocycles. The molecule has 0 aliphatic carbocycles. The monoisotopic (exact) mass is 566 g/mol. The average Bonchev–Trinajstić information content (AvgIpc) is 3.30.